The van der Waals surface area contributed by atoms with Crippen LogP contribution in [0.2, 0.25) is 0 Å². The molecule has 0 radical (unpaired) electrons. The van der Waals surface area contributed by atoms with Crippen LogP contribution in [0.1, 0.15) is 31.7 Å². The maximum atomic E-state index is 12.5. The van der Waals surface area contributed by atoms with Crippen molar-refractivity contribution in [3.63, 3.8) is 0 Å². The maximum absolute atomic E-state index is 12.5. The number of aliphatic hydroxyl groups is 1. The number of amides is 1. The molecule has 2 atom stereocenters. The second-order valence-electron chi connectivity index (χ2n) is 7.92. The molecule has 6 heteroatoms. The number of phenolic OH excluding ortho intramolecular Hbond substituents is 1. The summed E-state index contributed by atoms with van der Waals surface area (Å²) in [6.07, 6.45) is 3.36. The highest BCUT2D eigenvalue weighted by molar-refractivity contribution is 7.99. The fourth-order valence-corrected chi connectivity index (χ4v) is 5.00. The van der Waals surface area contributed by atoms with Crippen LogP contribution < -0.4 is 0 Å². The number of benzene rings is 1. The molecule has 27 heavy (non-hydrogen) atoms. The van der Waals surface area contributed by atoms with E-state index in [9.17, 15) is 15.0 Å². The van der Waals surface area contributed by atoms with Crippen molar-refractivity contribution < 1.29 is 15.0 Å². The van der Waals surface area contributed by atoms with Gasteiger partial charge in [-0.15, -0.1) is 0 Å². The topological polar surface area (TPSA) is 64.0 Å². The first kappa shape index (κ1) is 20.5. The van der Waals surface area contributed by atoms with Crippen molar-refractivity contribution in [1.29, 1.82) is 0 Å². The zero-order chi connectivity index (χ0) is 19.3. The lowest BCUT2D eigenvalue weighted by molar-refractivity contribution is -0.138. The maximum Gasteiger partial charge on any atom is 0.232 e. The third kappa shape index (κ3) is 5.18. The van der Waals surface area contributed by atoms with Gasteiger partial charge in [-0.25, -0.2) is 0 Å². The van der Waals surface area contributed by atoms with Crippen molar-refractivity contribution >= 4 is 17.7 Å². The molecule has 2 aliphatic rings. The molecule has 1 amide bonds. The predicted octanol–water partition coefficient (Wildman–Crippen LogP) is 2.36. The standard InChI is InChI=1S/C21H32N2O3S/c1-2-27-14-20(26)23-11-3-10-21(16-23)15-22(13-9-19(21)25)12-8-17-4-6-18(24)7-5-17/h4-7,19,24-25H,2-3,8-16H2,1H3/t19-,21-/m1/s1. The van der Waals surface area contributed by atoms with Gasteiger partial charge in [0.25, 0.3) is 0 Å². The summed E-state index contributed by atoms with van der Waals surface area (Å²) in [4.78, 5) is 16.9. The second-order valence-corrected chi connectivity index (χ2v) is 9.19. The molecular formula is C21H32N2O3S. The number of nitrogens with zero attached hydrogens (tertiary/aromatic N) is 2. The molecule has 1 spiro atoms. The summed E-state index contributed by atoms with van der Waals surface area (Å²) in [6, 6.07) is 7.40. The summed E-state index contributed by atoms with van der Waals surface area (Å²) in [5.41, 5.74) is 1.03. The van der Waals surface area contributed by atoms with E-state index in [0.29, 0.717) is 18.0 Å². The van der Waals surface area contributed by atoms with Crippen molar-refractivity contribution in [1.82, 2.24) is 9.80 Å². The number of phenols is 1. The first-order chi connectivity index (χ1) is 13.0. The molecule has 0 aliphatic carbocycles. The zero-order valence-electron chi connectivity index (χ0n) is 16.3. The number of carbonyl (C=O) groups is 1. The monoisotopic (exact) mass is 392 g/mol. The van der Waals surface area contributed by atoms with E-state index in [-0.39, 0.29) is 17.4 Å². The van der Waals surface area contributed by atoms with Gasteiger partial charge in [0.15, 0.2) is 0 Å². The van der Waals surface area contributed by atoms with Gasteiger partial charge in [0.2, 0.25) is 5.91 Å². The number of likely N-dealkylation sites (tertiary alicyclic amines) is 2. The number of piperidine rings is 2. The smallest absolute Gasteiger partial charge is 0.232 e. The third-order valence-corrected chi connectivity index (χ3v) is 6.87. The van der Waals surface area contributed by atoms with Gasteiger partial charge in [0, 0.05) is 38.1 Å². The molecule has 150 valence electrons. The number of hydrogen-bond acceptors (Lipinski definition) is 5. The average molecular weight is 393 g/mol. The molecule has 1 aromatic carbocycles. The minimum absolute atomic E-state index is 0.183. The molecule has 3 rings (SSSR count). The zero-order valence-corrected chi connectivity index (χ0v) is 17.1. The van der Waals surface area contributed by atoms with E-state index in [4.69, 9.17) is 0 Å². The molecule has 5 nitrogen and oxygen atoms in total. The van der Waals surface area contributed by atoms with E-state index >= 15 is 0 Å². The van der Waals surface area contributed by atoms with E-state index in [1.165, 1.54) is 5.56 Å². The van der Waals surface area contributed by atoms with Gasteiger partial charge in [-0.2, -0.15) is 11.8 Å². The van der Waals surface area contributed by atoms with Gasteiger partial charge in [-0.3, -0.25) is 4.79 Å². The van der Waals surface area contributed by atoms with E-state index < -0.39 is 0 Å². The molecule has 2 fully saturated rings. The molecule has 0 saturated carbocycles. The van der Waals surface area contributed by atoms with Crippen LogP contribution in [-0.4, -0.2) is 76.3 Å². The van der Waals surface area contributed by atoms with Gasteiger partial charge < -0.3 is 20.0 Å². The van der Waals surface area contributed by atoms with Gasteiger partial charge in [-0.1, -0.05) is 19.1 Å². The van der Waals surface area contributed by atoms with Gasteiger partial charge in [-0.05, 0) is 49.1 Å². The summed E-state index contributed by atoms with van der Waals surface area (Å²) < 4.78 is 0. The lowest BCUT2D eigenvalue weighted by Gasteiger charge is -2.51. The minimum Gasteiger partial charge on any atom is -0.508 e. The molecule has 1 aromatic rings. The second kappa shape index (κ2) is 9.30. The first-order valence-electron chi connectivity index (χ1n) is 10.1. The van der Waals surface area contributed by atoms with Crippen LogP contribution in [0.4, 0.5) is 0 Å². The van der Waals surface area contributed by atoms with Crippen LogP contribution in [-0.2, 0) is 11.2 Å². The summed E-state index contributed by atoms with van der Waals surface area (Å²) in [5.74, 6) is 2.02. The van der Waals surface area contributed by atoms with Crippen LogP contribution in [0, 0.1) is 5.41 Å². The summed E-state index contributed by atoms with van der Waals surface area (Å²) >= 11 is 1.67. The number of carbonyl (C=O) groups excluding carboxylic acids is 1. The molecule has 2 aliphatic heterocycles. The van der Waals surface area contributed by atoms with Crippen molar-refractivity contribution in [3.8, 4) is 5.75 Å². The number of hydrogen-bond donors (Lipinski definition) is 2. The molecular weight excluding hydrogens is 360 g/mol. The Balaban J connectivity index is 1.59. The molecule has 2 heterocycles. The Labute approximate surface area is 166 Å². The van der Waals surface area contributed by atoms with Crippen molar-refractivity contribution in [2.24, 2.45) is 5.41 Å². The average Bonchev–Trinajstić information content (AvgIpc) is 2.68. The molecule has 0 unspecified atom stereocenters. The minimum atomic E-state index is -0.322. The predicted molar refractivity (Wildman–Crippen MR) is 110 cm³/mol. The number of aliphatic hydroxyl groups excluding tert-OH is 1. The van der Waals surface area contributed by atoms with Crippen LogP contribution in [0.15, 0.2) is 24.3 Å². The Morgan fingerprint density at radius 1 is 1.26 bits per heavy atom. The highest BCUT2D eigenvalue weighted by atomic mass is 32.2. The van der Waals surface area contributed by atoms with Crippen LogP contribution in [0.25, 0.3) is 0 Å². The van der Waals surface area contributed by atoms with E-state index in [2.05, 4.69) is 11.8 Å². The summed E-state index contributed by atoms with van der Waals surface area (Å²) in [7, 11) is 0. The SMILES string of the molecule is CCSCC(=O)N1CCC[C@@]2(CN(CCc3ccc(O)cc3)CC[C@H]2O)C1. The van der Waals surface area contributed by atoms with Gasteiger partial charge in [0.05, 0.1) is 11.9 Å². The first-order valence-corrected chi connectivity index (χ1v) is 11.2. The fourth-order valence-electron chi connectivity index (χ4n) is 4.44. The molecule has 0 bridgehead atoms. The van der Waals surface area contributed by atoms with Gasteiger partial charge >= 0.3 is 0 Å². The normalized spacial score (nSPS) is 26.4. The Morgan fingerprint density at radius 2 is 2.04 bits per heavy atom. The Morgan fingerprint density at radius 3 is 2.78 bits per heavy atom. The van der Waals surface area contributed by atoms with E-state index in [1.807, 2.05) is 17.0 Å². The van der Waals surface area contributed by atoms with Gasteiger partial charge in [0.1, 0.15) is 5.75 Å². The van der Waals surface area contributed by atoms with Crippen LogP contribution >= 0.6 is 11.8 Å². The highest BCUT2D eigenvalue weighted by Gasteiger charge is 2.46. The number of rotatable bonds is 6. The van der Waals surface area contributed by atoms with Crippen molar-refractivity contribution in [2.45, 2.75) is 38.7 Å². The number of aromatic hydroxyl groups is 1. The molecule has 0 aromatic heterocycles. The summed E-state index contributed by atoms with van der Waals surface area (Å²) in [6.45, 7) is 6.29. The van der Waals surface area contributed by atoms with Crippen LogP contribution in [0.5, 0.6) is 5.75 Å². The lowest BCUT2D eigenvalue weighted by atomic mass is 9.71. The Kier molecular flexibility index (Phi) is 7.06. The number of thioether (sulfide) groups is 1. The summed E-state index contributed by atoms with van der Waals surface area (Å²) in [5, 5.41) is 20.2. The third-order valence-electron chi connectivity index (χ3n) is 6.01. The van der Waals surface area contributed by atoms with E-state index in [1.54, 1.807) is 23.9 Å². The Hall–Kier alpha value is -1.24. The quantitative estimate of drug-likeness (QED) is 0.778. The molecule has 2 N–H and O–H groups in total. The fraction of sp³-hybridized carbons (Fsp3) is 0.667. The largest absolute Gasteiger partial charge is 0.508 e. The highest BCUT2D eigenvalue weighted by Crippen LogP contribution is 2.39. The molecule has 2 saturated heterocycles. The van der Waals surface area contributed by atoms with Crippen molar-refractivity contribution in [2.75, 3.05) is 44.2 Å². The lowest BCUT2D eigenvalue weighted by Crippen LogP contribution is -2.60. The van der Waals surface area contributed by atoms with Crippen LogP contribution in [0.3, 0.4) is 0 Å². The Bertz CT molecular complexity index is 624. The van der Waals surface area contributed by atoms with Crippen molar-refractivity contribution in [3.05, 3.63) is 29.8 Å². The van der Waals surface area contributed by atoms with E-state index in [0.717, 1.165) is 57.6 Å².